The molecule has 20 heavy (non-hydrogen) atoms. The Balaban J connectivity index is 4.36. The van der Waals surface area contributed by atoms with Gasteiger partial charge in [-0.15, -0.1) is 0 Å². The Morgan fingerprint density at radius 3 is 2.10 bits per heavy atom. The van der Waals surface area contributed by atoms with Gasteiger partial charge in [0, 0.05) is 12.2 Å². The fourth-order valence-electron chi connectivity index (χ4n) is 2.24. The number of carboxylic acids is 1. The van der Waals surface area contributed by atoms with Gasteiger partial charge in [0.05, 0.1) is 0 Å². The quantitative estimate of drug-likeness (QED) is 0.352. The SMILES string of the molecule is CCCCCCCC(CC)(CC)OC(=O)/C=C\C(=O)O. The summed E-state index contributed by atoms with van der Waals surface area (Å²) in [7, 11) is 0. The van der Waals surface area contributed by atoms with Gasteiger partial charge in [-0.05, 0) is 25.7 Å². The third kappa shape index (κ3) is 7.97. The maximum Gasteiger partial charge on any atom is 0.331 e. The average molecular weight is 284 g/mol. The van der Waals surface area contributed by atoms with E-state index in [4.69, 9.17) is 9.84 Å². The third-order valence-corrected chi connectivity index (χ3v) is 3.70. The molecule has 0 aliphatic carbocycles. The van der Waals surface area contributed by atoms with Gasteiger partial charge in [-0.1, -0.05) is 46.5 Å². The third-order valence-electron chi connectivity index (χ3n) is 3.70. The Morgan fingerprint density at radius 2 is 1.60 bits per heavy atom. The van der Waals surface area contributed by atoms with Crippen LogP contribution in [0.25, 0.3) is 0 Å². The van der Waals surface area contributed by atoms with Gasteiger partial charge in [-0.25, -0.2) is 9.59 Å². The van der Waals surface area contributed by atoms with Crippen molar-refractivity contribution in [1.82, 2.24) is 0 Å². The summed E-state index contributed by atoms with van der Waals surface area (Å²) >= 11 is 0. The van der Waals surface area contributed by atoms with E-state index in [2.05, 4.69) is 6.92 Å². The van der Waals surface area contributed by atoms with Gasteiger partial charge in [-0.3, -0.25) is 0 Å². The van der Waals surface area contributed by atoms with Gasteiger partial charge >= 0.3 is 11.9 Å². The molecular weight excluding hydrogens is 256 g/mol. The molecule has 0 rings (SSSR count). The summed E-state index contributed by atoms with van der Waals surface area (Å²) in [6, 6.07) is 0. The van der Waals surface area contributed by atoms with Crippen molar-refractivity contribution in [3.63, 3.8) is 0 Å². The van der Waals surface area contributed by atoms with Crippen LogP contribution in [-0.4, -0.2) is 22.6 Å². The van der Waals surface area contributed by atoms with Crippen LogP contribution in [0.3, 0.4) is 0 Å². The molecule has 0 aliphatic rings. The molecule has 0 aromatic heterocycles. The molecule has 116 valence electrons. The summed E-state index contributed by atoms with van der Waals surface area (Å²) in [6.07, 6.45) is 10.0. The standard InChI is InChI=1S/C16H28O4/c1-4-7-8-9-10-13-16(5-2,6-3)20-15(19)12-11-14(17)18/h11-12H,4-10,13H2,1-3H3,(H,17,18)/b12-11-. The van der Waals surface area contributed by atoms with E-state index in [1.54, 1.807) is 0 Å². The van der Waals surface area contributed by atoms with Crippen LogP contribution >= 0.6 is 0 Å². The molecule has 0 atom stereocenters. The van der Waals surface area contributed by atoms with Crippen molar-refractivity contribution in [3.05, 3.63) is 12.2 Å². The van der Waals surface area contributed by atoms with Gasteiger partial charge in [0.1, 0.15) is 5.60 Å². The highest BCUT2D eigenvalue weighted by molar-refractivity contribution is 5.90. The molecular formula is C16H28O4. The topological polar surface area (TPSA) is 63.6 Å². The van der Waals surface area contributed by atoms with Gasteiger partial charge < -0.3 is 9.84 Å². The summed E-state index contributed by atoms with van der Waals surface area (Å²) in [4.78, 5) is 22.0. The Morgan fingerprint density at radius 1 is 1.00 bits per heavy atom. The van der Waals surface area contributed by atoms with Crippen molar-refractivity contribution < 1.29 is 19.4 Å². The van der Waals surface area contributed by atoms with E-state index in [1.165, 1.54) is 19.3 Å². The summed E-state index contributed by atoms with van der Waals surface area (Å²) in [5, 5.41) is 8.50. The molecule has 0 saturated carbocycles. The van der Waals surface area contributed by atoms with Crippen LogP contribution in [0.4, 0.5) is 0 Å². The predicted octanol–water partition coefficient (Wildman–Crippen LogP) is 4.09. The molecule has 0 saturated heterocycles. The predicted molar refractivity (Wildman–Crippen MR) is 79.6 cm³/mol. The Labute approximate surface area is 122 Å². The first-order valence-corrected chi connectivity index (χ1v) is 7.63. The van der Waals surface area contributed by atoms with Gasteiger partial charge in [0.15, 0.2) is 0 Å². The first kappa shape index (κ1) is 18.7. The molecule has 4 nitrogen and oxygen atoms in total. The van der Waals surface area contributed by atoms with Crippen molar-refractivity contribution in [2.75, 3.05) is 0 Å². The molecule has 0 aromatic rings. The van der Waals surface area contributed by atoms with Crippen LogP contribution in [0.2, 0.25) is 0 Å². The minimum Gasteiger partial charge on any atom is -0.478 e. The number of esters is 1. The van der Waals surface area contributed by atoms with Crippen LogP contribution in [0.1, 0.15) is 72.1 Å². The van der Waals surface area contributed by atoms with Gasteiger partial charge in [0.25, 0.3) is 0 Å². The van der Waals surface area contributed by atoms with E-state index in [0.717, 1.165) is 44.3 Å². The van der Waals surface area contributed by atoms with Gasteiger partial charge in [0.2, 0.25) is 0 Å². The maximum absolute atomic E-state index is 11.6. The molecule has 0 radical (unpaired) electrons. The fourth-order valence-corrected chi connectivity index (χ4v) is 2.24. The van der Waals surface area contributed by atoms with Crippen molar-refractivity contribution in [2.24, 2.45) is 0 Å². The summed E-state index contributed by atoms with van der Waals surface area (Å²) in [6.45, 7) is 6.19. The fraction of sp³-hybridized carbons (Fsp3) is 0.750. The number of rotatable bonds is 11. The lowest BCUT2D eigenvalue weighted by molar-refractivity contribution is -0.155. The number of carbonyl (C=O) groups is 2. The monoisotopic (exact) mass is 284 g/mol. The second kappa shape index (κ2) is 10.5. The summed E-state index contributed by atoms with van der Waals surface area (Å²) < 4.78 is 5.50. The lowest BCUT2D eigenvalue weighted by Gasteiger charge is -2.31. The lowest BCUT2D eigenvalue weighted by Crippen LogP contribution is -2.33. The minimum absolute atomic E-state index is 0.452. The number of hydrogen-bond acceptors (Lipinski definition) is 3. The molecule has 0 aliphatic heterocycles. The molecule has 0 unspecified atom stereocenters. The number of hydrogen-bond donors (Lipinski definition) is 1. The average Bonchev–Trinajstić information content (AvgIpc) is 2.43. The zero-order valence-corrected chi connectivity index (χ0v) is 13.0. The highest BCUT2D eigenvalue weighted by Crippen LogP contribution is 2.28. The molecule has 4 heteroatoms. The molecule has 0 heterocycles. The second-order valence-corrected chi connectivity index (χ2v) is 5.15. The van der Waals surface area contributed by atoms with E-state index >= 15 is 0 Å². The zero-order chi connectivity index (χ0) is 15.4. The number of carbonyl (C=O) groups excluding carboxylic acids is 1. The molecule has 1 N–H and O–H groups in total. The van der Waals surface area contributed by atoms with Crippen LogP contribution in [0, 0.1) is 0 Å². The van der Waals surface area contributed by atoms with E-state index in [0.29, 0.717) is 0 Å². The van der Waals surface area contributed by atoms with E-state index in [1.807, 2.05) is 13.8 Å². The molecule has 0 amide bonds. The minimum atomic E-state index is -1.14. The maximum atomic E-state index is 11.6. The number of ether oxygens (including phenoxy) is 1. The Kier molecular flexibility index (Phi) is 9.77. The van der Waals surface area contributed by atoms with Crippen molar-refractivity contribution in [1.29, 1.82) is 0 Å². The molecule has 0 fully saturated rings. The van der Waals surface area contributed by atoms with Crippen LogP contribution in [0.5, 0.6) is 0 Å². The number of carboxylic acid groups (broad SMARTS) is 1. The largest absolute Gasteiger partial charge is 0.478 e. The summed E-state index contributed by atoms with van der Waals surface area (Å²) in [5.74, 6) is -1.70. The van der Waals surface area contributed by atoms with Crippen LogP contribution in [-0.2, 0) is 14.3 Å². The van der Waals surface area contributed by atoms with Gasteiger partial charge in [-0.2, -0.15) is 0 Å². The first-order chi connectivity index (χ1) is 9.49. The Bertz CT molecular complexity index is 316. The Hall–Kier alpha value is -1.32. The van der Waals surface area contributed by atoms with Crippen molar-refractivity contribution >= 4 is 11.9 Å². The van der Waals surface area contributed by atoms with Crippen LogP contribution in [0.15, 0.2) is 12.2 Å². The number of unbranched alkanes of at least 4 members (excludes halogenated alkanes) is 4. The lowest BCUT2D eigenvalue weighted by atomic mass is 9.90. The number of aliphatic carboxylic acids is 1. The smallest absolute Gasteiger partial charge is 0.331 e. The molecule has 0 bridgehead atoms. The highest BCUT2D eigenvalue weighted by atomic mass is 16.6. The normalized spacial score (nSPS) is 11.8. The van der Waals surface area contributed by atoms with Crippen molar-refractivity contribution in [3.8, 4) is 0 Å². The zero-order valence-electron chi connectivity index (χ0n) is 13.0. The second-order valence-electron chi connectivity index (χ2n) is 5.15. The summed E-state index contributed by atoms with van der Waals surface area (Å²) in [5.41, 5.74) is -0.452. The van der Waals surface area contributed by atoms with Crippen molar-refractivity contribution in [2.45, 2.75) is 77.7 Å². The van der Waals surface area contributed by atoms with E-state index in [-0.39, 0.29) is 0 Å². The molecule has 0 aromatic carbocycles. The first-order valence-electron chi connectivity index (χ1n) is 7.63. The highest BCUT2D eigenvalue weighted by Gasteiger charge is 2.29. The van der Waals surface area contributed by atoms with Crippen LogP contribution < -0.4 is 0 Å². The van der Waals surface area contributed by atoms with E-state index < -0.39 is 17.5 Å². The molecule has 0 spiro atoms. The van der Waals surface area contributed by atoms with E-state index in [9.17, 15) is 9.59 Å².